The standard InChI is InChI=1S/C8H16NO2PS3/c1-3-10-12(13,11-4-2)9-8-14-6-5-7-15-8/h3-7H2,1-2H3. The van der Waals surface area contributed by atoms with E-state index in [1.54, 1.807) is 23.5 Å². The van der Waals surface area contributed by atoms with E-state index in [0.29, 0.717) is 13.2 Å². The van der Waals surface area contributed by atoms with Gasteiger partial charge in [-0.3, -0.25) is 0 Å². The van der Waals surface area contributed by atoms with Crippen LogP contribution in [0.25, 0.3) is 0 Å². The molecule has 0 aromatic rings. The first-order valence-electron chi connectivity index (χ1n) is 4.95. The van der Waals surface area contributed by atoms with E-state index in [0.717, 1.165) is 15.9 Å². The van der Waals surface area contributed by atoms with Gasteiger partial charge in [0, 0.05) is 11.5 Å². The van der Waals surface area contributed by atoms with E-state index in [4.69, 9.17) is 20.9 Å². The van der Waals surface area contributed by atoms with Crippen LogP contribution < -0.4 is 0 Å². The number of hydrogen-bond acceptors (Lipinski definition) is 5. The van der Waals surface area contributed by atoms with Gasteiger partial charge in [0.1, 0.15) is 4.38 Å². The van der Waals surface area contributed by atoms with Gasteiger partial charge in [-0.15, -0.1) is 0 Å². The Morgan fingerprint density at radius 1 is 1.27 bits per heavy atom. The van der Waals surface area contributed by atoms with Crippen molar-refractivity contribution in [2.45, 2.75) is 20.3 Å². The first-order chi connectivity index (χ1) is 7.20. The maximum atomic E-state index is 5.46. The van der Waals surface area contributed by atoms with Gasteiger partial charge >= 0.3 is 6.64 Å². The maximum absolute atomic E-state index is 5.46. The first-order valence-corrected chi connectivity index (χ1v) is 9.51. The second-order valence-corrected chi connectivity index (χ2v) is 8.18. The smallest absolute Gasteiger partial charge is 0.310 e. The van der Waals surface area contributed by atoms with Gasteiger partial charge in [0.15, 0.2) is 0 Å². The lowest BCUT2D eigenvalue weighted by atomic mass is 10.6. The quantitative estimate of drug-likeness (QED) is 0.721. The first kappa shape index (κ1) is 14.0. The monoisotopic (exact) mass is 285 g/mol. The van der Waals surface area contributed by atoms with Crippen molar-refractivity contribution in [3.8, 4) is 0 Å². The van der Waals surface area contributed by atoms with Crippen LogP contribution in [0, 0.1) is 0 Å². The molecule has 1 heterocycles. The van der Waals surface area contributed by atoms with Crippen molar-refractivity contribution in [3.63, 3.8) is 0 Å². The maximum Gasteiger partial charge on any atom is 0.310 e. The summed E-state index contributed by atoms with van der Waals surface area (Å²) in [5.74, 6) is 2.25. The topological polar surface area (TPSA) is 30.8 Å². The molecule has 1 aliphatic rings. The van der Waals surface area contributed by atoms with Crippen molar-refractivity contribution in [2.24, 2.45) is 4.76 Å². The molecule has 0 saturated carbocycles. The summed E-state index contributed by atoms with van der Waals surface area (Å²) in [4.78, 5) is 0. The Balaban J connectivity index is 2.66. The zero-order valence-electron chi connectivity index (χ0n) is 8.97. The molecule has 1 saturated heterocycles. The number of nitrogens with zero attached hydrogens (tertiary/aromatic N) is 1. The van der Waals surface area contributed by atoms with Gasteiger partial charge in [-0.25, -0.2) is 0 Å². The minimum atomic E-state index is -2.41. The molecule has 88 valence electrons. The summed E-state index contributed by atoms with van der Waals surface area (Å²) in [6.45, 7) is 2.55. The molecule has 0 N–H and O–H groups in total. The average molecular weight is 285 g/mol. The molecule has 7 heteroatoms. The molecule has 0 amide bonds. The Morgan fingerprint density at radius 2 is 1.80 bits per heavy atom. The highest BCUT2D eigenvalue weighted by Crippen LogP contribution is 2.52. The summed E-state index contributed by atoms with van der Waals surface area (Å²) in [5.41, 5.74) is 0. The molecule has 0 bridgehead atoms. The van der Waals surface area contributed by atoms with Gasteiger partial charge in [-0.05, 0) is 32.1 Å². The van der Waals surface area contributed by atoms with E-state index in [2.05, 4.69) is 4.76 Å². The van der Waals surface area contributed by atoms with Crippen LogP contribution in [0.4, 0.5) is 0 Å². The molecule has 0 aliphatic carbocycles. The Labute approximate surface area is 105 Å². The summed E-state index contributed by atoms with van der Waals surface area (Å²) in [7, 11) is 0. The van der Waals surface area contributed by atoms with E-state index in [1.165, 1.54) is 6.42 Å². The fourth-order valence-corrected chi connectivity index (χ4v) is 6.28. The van der Waals surface area contributed by atoms with Crippen LogP contribution in [0.3, 0.4) is 0 Å². The largest absolute Gasteiger partial charge is 0.313 e. The van der Waals surface area contributed by atoms with Crippen molar-refractivity contribution < 1.29 is 9.05 Å². The highest BCUT2D eigenvalue weighted by Gasteiger charge is 2.19. The molecule has 0 unspecified atom stereocenters. The summed E-state index contributed by atoms with van der Waals surface area (Å²) >= 11 is 8.85. The lowest BCUT2D eigenvalue weighted by molar-refractivity contribution is 0.268. The second-order valence-electron chi connectivity index (χ2n) is 2.72. The van der Waals surface area contributed by atoms with Gasteiger partial charge in [0.2, 0.25) is 0 Å². The zero-order chi connectivity index (χ0) is 11.1. The van der Waals surface area contributed by atoms with Crippen molar-refractivity contribution in [1.29, 1.82) is 0 Å². The van der Waals surface area contributed by atoms with Crippen LogP contribution in [0.5, 0.6) is 0 Å². The third-order valence-electron chi connectivity index (χ3n) is 1.53. The van der Waals surface area contributed by atoms with E-state index < -0.39 is 6.64 Å². The average Bonchev–Trinajstić information content (AvgIpc) is 2.19. The molecular weight excluding hydrogens is 269 g/mol. The highest BCUT2D eigenvalue weighted by molar-refractivity contribution is 8.39. The molecular formula is C8H16NO2PS3. The molecule has 15 heavy (non-hydrogen) atoms. The summed E-state index contributed by atoms with van der Waals surface area (Å²) in [5, 5.41) is 0. The van der Waals surface area contributed by atoms with E-state index in [9.17, 15) is 0 Å². The normalized spacial score (nSPS) is 17.9. The molecule has 0 aromatic carbocycles. The third kappa shape index (κ3) is 5.20. The number of thioether (sulfide) groups is 2. The summed E-state index contributed by atoms with van der Waals surface area (Å²) in [6.07, 6.45) is 1.24. The van der Waals surface area contributed by atoms with Crippen molar-refractivity contribution in [1.82, 2.24) is 0 Å². The molecule has 1 fully saturated rings. The molecule has 0 atom stereocenters. The van der Waals surface area contributed by atoms with Crippen LogP contribution in [-0.2, 0) is 20.9 Å². The van der Waals surface area contributed by atoms with Gasteiger partial charge in [0.25, 0.3) is 0 Å². The predicted molar refractivity (Wildman–Crippen MR) is 74.5 cm³/mol. The third-order valence-corrected chi connectivity index (χ3v) is 6.66. The summed E-state index contributed by atoms with van der Waals surface area (Å²) in [6, 6.07) is 0. The Bertz CT molecular complexity index is 255. The van der Waals surface area contributed by atoms with Crippen molar-refractivity contribution >= 4 is 46.3 Å². The molecule has 1 rings (SSSR count). The molecule has 0 spiro atoms. The second kappa shape index (κ2) is 7.30. The SMILES string of the molecule is CCOP(=S)(N=C1SCCCS1)OCC. The van der Waals surface area contributed by atoms with Crippen LogP contribution >= 0.6 is 30.2 Å². The molecule has 3 nitrogen and oxygen atoms in total. The molecule has 0 radical (unpaired) electrons. The highest BCUT2D eigenvalue weighted by atomic mass is 32.5. The minimum Gasteiger partial charge on any atom is -0.313 e. The van der Waals surface area contributed by atoms with Crippen LogP contribution in [0.1, 0.15) is 20.3 Å². The zero-order valence-corrected chi connectivity index (χ0v) is 12.3. The van der Waals surface area contributed by atoms with Crippen LogP contribution in [0.2, 0.25) is 0 Å². The van der Waals surface area contributed by atoms with E-state index in [1.807, 2.05) is 13.8 Å². The predicted octanol–water partition coefficient (Wildman–Crippen LogP) is 3.51. The molecule has 0 aromatic heterocycles. The van der Waals surface area contributed by atoms with Crippen molar-refractivity contribution in [3.05, 3.63) is 0 Å². The Kier molecular flexibility index (Phi) is 6.82. The fourth-order valence-electron chi connectivity index (χ4n) is 0.999. The van der Waals surface area contributed by atoms with Crippen molar-refractivity contribution in [2.75, 3.05) is 24.7 Å². The lowest BCUT2D eigenvalue weighted by Crippen LogP contribution is -2.01. The summed E-state index contributed by atoms with van der Waals surface area (Å²) < 4.78 is 16.4. The Morgan fingerprint density at radius 3 is 2.27 bits per heavy atom. The number of rotatable bonds is 5. The van der Waals surface area contributed by atoms with Gasteiger partial charge < -0.3 is 9.05 Å². The molecule has 1 aliphatic heterocycles. The van der Waals surface area contributed by atoms with Gasteiger partial charge in [0.05, 0.1) is 13.2 Å². The van der Waals surface area contributed by atoms with Crippen LogP contribution in [-0.4, -0.2) is 29.1 Å². The Hall–Kier alpha value is 0.940. The fraction of sp³-hybridized carbons (Fsp3) is 0.875. The van der Waals surface area contributed by atoms with E-state index >= 15 is 0 Å². The minimum absolute atomic E-state index is 0.559. The van der Waals surface area contributed by atoms with E-state index in [-0.39, 0.29) is 0 Å². The van der Waals surface area contributed by atoms with Gasteiger partial charge in [-0.1, -0.05) is 23.5 Å². The van der Waals surface area contributed by atoms with Gasteiger partial charge in [-0.2, -0.15) is 4.76 Å². The number of hydrogen-bond donors (Lipinski definition) is 0. The van der Waals surface area contributed by atoms with Crippen LogP contribution in [0.15, 0.2) is 4.76 Å². The lowest BCUT2D eigenvalue weighted by Gasteiger charge is -2.19.